The van der Waals surface area contributed by atoms with E-state index in [1.807, 2.05) is 30.7 Å². The Labute approximate surface area is 88.7 Å². The van der Waals surface area contributed by atoms with E-state index in [1.165, 1.54) is 0 Å². The van der Waals surface area contributed by atoms with E-state index < -0.39 is 0 Å². The summed E-state index contributed by atoms with van der Waals surface area (Å²) in [4.78, 5) is 0. The van der Waals surface area contributed by atoms with Gasteiger partial charge in [0.25, 0.3) is 0 Å². The lowest BCUT2D eigenvalue weighted by Crippen LogP contribution is -2.02. The van der Waals surface area contributed by atoms with Crippen molar-refractivity contribution < 1.29 is 4.42 Å². The van der Waals surface area contributed by atoms with Crippen molar-refractivity contribution >= 4 is 0 Å². The molecule has 0 aliphatic carbocycles. The molecule has 4 heteroatoms. The Balaban J connectivity index is 2.21. The van der Waals surface area contributed by atoms with E-state index >= 15 is 0 Å². The third kappa shape index (κ3) is 1.94. The van der Waals surface area contributed by atoms with Gasteiger partial charge in [0, 0.05) is 24.0 Å². The molecule has 2 N–H and O–H groups in total. The zero-order valence-electron chi connectivity index (χ0n) is 9.03. The maximum absolute atomic E-state index is 5.59. The molecular weight excluding hydrogens is 190 g/mol. The Morgan fingerprint density at radius 1 is 1.47 bits per heavy atom. The molecule has 0 saturated carbocycles. The third-order valence-electron chi connectivity index (χ3n) is 2.53. The molecule has 0 aromatic carbocycles. The predicted molar refractivity (Wildman–Crippen MR) is 57.4 cm³/mol. The van der Waals surface area contributed by atoms with Crippen LogP contribution in [0.3, 0.4) is 0 Å². The molecule has 2 rings (SSSR count). The molecule has 0 amide bonds. The van der Waals surface area contributed by atoms with Crippen LogP contribution in [-0.4, -0.2) is 9.78 Å². The number of furan rings is 1. The Bertz CT molecular complexity index is 456. The molecule has 0 fully saturated rings. The van der Waals surface area contributed by atoms with E-state index in [4.69, 9.17) is 10.2 Å². The topological polar surface area (TPSA) is 57.0 Å². The van der Waals surface area contributed by atoms with E-state index in [-0.39, 0.29) is 0 Å². The molecule has 0 atom stereocenters. The minimum atomic E-state index is 0.521. The van der Waals surface area contributed by atoms with Crippen LogP contribution in [0.2, 0.25) is 0 Å². The van der Waals surface area contributed by atoms with E-state index in [2.05, 4.69) is 5.10 Å². The van der Waals surface area contributed by atoms with E-state index in [0.29, 0.717) is 13.1 Å². The summed E-state index contributed by atoms with van der Waals surface area (Å²) < 4.78 is 7.49. The average Bonchev–Trinajstić information content (AvgIpc) is 2.75. The number of nitrogens with two attached hydrogens (primary N) is 1. The Morgan fingerprint density at radius 3 is 2.80 bits per heavy atom. The Morgan fingerprint density at radius 2 is 2.27 bits per heavy atom. The lowest BCUT2D eigenvalue weighted by Gasteiger charge is -2.00. The van der Waals surface area contributed by atoms with Crippen LogP contribution in [0.25, 0.3) is 0 Å². The highest BCUT2D eigenvalue weighted by molar-refractivity contribution is 5.20. The molecule has 0 unspecified atom stereocenters. The second kappa shape index (κ2) is 3.90. The smallest absolute Gasteiger partial charge is 0.125 e. The molecule has 4 nitrogen and oxygen atoms in total. The highest BCUT2D eigenvalue weighted by Gasteiger charge is 2.07. The lowest BCUT2D eigenvalue weighted by molar-refractivity contribution is 0.454. The van der Waals surface area contributed by atoms with Gasteiger partial charge in [-0.2, -0.15) is 5.10 Å². The van der Waals surface area contributed by atoms with Crippen LogP contribution >= 0.6 is 0 Å². The van der Waals surface area contributed by atoms with Crippen molar-refractivity contribution in [2.75, 3.05) is 0 Å². The van der Waals surface area contributed by atoms with Crippen molar-refractivity contribution in [3.8, 4) is 0 Å². The van der Waals surface area contributed by atoms with Gasteiger partial charge in [-0.05, 0) is 26.0 Å². The summed E-state index contributed by atoms with van der Waals surface area (Å²) in [7, 11) is 0. The summed E-state index contributed by atoms with van der Waals surface area (Å²) in [5.41, 5.74) is 7.77. The summed E-state index contributed by atoms with van der Waals surface area (Å²) in [6, 6.07) is 3.97. The summed E-state index contributed by atoms with van der Waals surface area (Å²) in [5, 5.41) is 4.20. The van der Waals surface area contributed by atoms with Crippen molar-refractivity contribution in [1.82, 2.24) is 9.78 Å². The fourth-order valence-electron chi connectivity index (χ4n) is 1.58. The molecule has 0 spiro atoms. The zero-order valence-corrected chi connectivity index (χ0v) is 9.03. The normalized spacial score (nSPS) is 10.9. The third-order valence-corrected chi connectivity index (χ3v) is 2.53. The van der Waals surface area contributed by atoms with Gasteiger partial charge in [0.05, 0.1) is 6.54 Å². The number of aryl methyl sites for hydroxylation is 2. The molecule has 0 bridgehead atoms. The monoisotopic (exact) mass is 205 g/mol. The number of hydrogen-bond acceptors (Lipinski definition) is 3. The minimum absolute atomic E-state index is 0.521. The first-order valence-corrected chi connectivity index (χ1v) is 4.97. The van der Waals surface area contributed by atoms with Crippen molar-refractivity contribution in [1.29, 1.82) is 0 Å². The van der Waals surface area contributed by atoms with Gasteiger partial charge < -0.3 is 10.2 Å². The molecule has 0 saturated heterocycles. The van der Waals surface area contributed by atoms with Gasteiger partial charge in [0.15, 0.2) is 0 Å². The first-order valence-electron chi connectivity index (χ1n) is 4.97. The highest BCUT2D eigenvalue weighted by atomic mass is 16.3. The number of hydrogen-bond donors (Lipinski definition) is 1. The zero-order chi connectivity index (χ0) is 10.8. The van der Waals surface area contributed by atoms with Gasteiger partial charge in [-0.25, -0.2) is 0 Å². The van der Waals surface area contributed by atoms with Crippen molar-refractivity contribution in [3.63, 3.8) is 0 Å². The molecule has 80 valence electrons. The maximum Gasteiger partial charge on any atom is 0.125 e. The predicted octanol–water partition coefficient (Wildman–Crippen LogP) is 1.60. The minimum Gasteiger partial charge on any atom is -0.464 e. The molecule has 2 heterocycles. The van der Waals surface area contributed by atoms with Crippen molar-refractivity contribution in [2.45, 2.75) is 26.9 Å². The lowest BCUT2D eigenvalue weighted by atomic mass is 10.2. The summed E-state index contributed by atoms with van der Waals surface area (Å²) in [5.74, 6) is 1.80. The van der Waals surface area contributed by atoms with Crippen LogP contribution in [0.4, 0.5) is 0 Å². The van der Waals surface area contributed by atoms with Crippen LogP contribution < -0.4 is 5.73 Å². The number of rotatable bonds is 3. The van der Waals surface area contributed by atoms with Crippen molar-refractivity contribution in [3.05, 3.63) is 41.1 Å². The first kappa shape index (κ1) is 9.98. The molecule has 0 aliphatic rings. The molecule has 2 aromatic heterocycles. The largest absolute Gasteiger partial charge is 0.464 e. The molecule has 0 radical (unpaired) electrons. The average molecular weight is 205 g/mol. The van der Waals surface area contributed by atoms with Gasteiger partial charge in [-0.3, -0.25) is 4.68 Å². The molecule has 2 aromatic rings. The van der Waals surface area contributed by atoms with Gasteiger partial charge in [0.2, 0.25) is 0 Å². The molecule has 0 aliphatic heterocycles. The van der Waals surface area contributed by atoms with Crippen LogP contribution in [0.1, 0.15) is 22.8 Å². The summed E-state index contributed by atoms with van der Waals surface area (Å²) in [6.45, 7) is 5.14. The highest BCUT2D eigenvalue weighted by Crippen LogP contribution is 2.15. The number of aromatic nitrogens is 2. The molecule has 15 heavy (non-hydrogen) atoms. The van der Waals surface area contributed by atoms with Gasteiger partial charge >= 0.3 is 0 Å². The van der Waals surface area contributed by atoms with Crippen LogP contribution in [0, 0.1) is 13.8 Å². The fourth-order valence-corrected chi connectivity index (χ4v) is 1.58. The Hall–Kier alpha value is -1.55. The van der Waals surface area contributed by atoms with Gasteiger partial charge in [-0.1, -0.05) is 0 Å². The maximum atomic E-state index is 5.59. The van der Waals surface area contributed by atoms with Crippen LogP contribution in [0.15, 0.2) is 22.7 Å². The molecular formula is C11H15N3O. The van der Waals surface area contributed by atoms with E-state index in [1.54, 1.807) is 6.20 Å². The summed E-state index contributed by atoms with van der Waals surface area (Å²) >= 11 is 0. The Kier molecular flexibility index (Phi) is 2.60. The van der Waals surface area contributed by atoms with E-state index in [0.717, 1.165) is 22.8 Å². The van der Waals surface area contributed by atoms with Crippen LogP contribution in [-0.2, 0) is 13.1 Å². The first-order chi connectivity index (χ1) is 7.20. The second-order valence-electron chi connectivity index (χ2n) is 3.63. The van der Waals surface area contributed by atoms with Gasteiger partial charge in [0.1, 0.15) is 11.5 Å². The SMILES string of the molecule is Cc1oc(Cn2nccc2C)cc1CN. The van der Waals surface area contributed by atoms with Crippen LogP contribution in [0.5, 0.6) is 0 Å². The van der Waals surface area contributed by atoms with Gasteiger partial charge in [-0.15, -0.1) is 0 Å². The standard InChI is InChI=1S/C11H15N3O/c1-8-3-4-13-14(8)7-11-5-10(6-12)9(2)15-11/h3-5H,6-7,12H2,1-2H3. The summed E-state index contributed by atoms with van der Waals surface area (Å²) in [6.07, 6.45) is 1.79. The number of nitrogens with zero attached hydrogens (tertiary/aromatic N) is 2. The fraction of sp³-hybridized carbons (Fsp3) is 0.364. The van der Waals surface area contributed by atoms with E-state index in [9.17, 15) is 0 Å². The van der Waals surface area contributed by atoms with Crippen molar-refractivity contribution in [2.24, 2.45) is 5.73 Å². The quantitative estimate of drug-likeness (QED) is 0.828. The second-order valence-corrected chi connectivity index (χ2v) is 3.63.